The first-order valence-corrected chi connectivity index (χ1v) is 16.9. The Hall–Kier alpha value is -3.11. The fraction of sp³-hybridized carbons (Fsp3) is 0.500. The Labute approximate surface area is 259 Å². The second kappa shape index (κ2) is 12.9. The first kappa shape index (κ1) is 31.3. The number of hydrogen-bond acceptors (Lipinski definition) is 7. The minimum absolute atomic E-state index is 0.0319. The molecule has 0 saturated carbocycles. The van der Waals surface area contributed by atoms with Gasteiger partial charge in [-0.1, -0.05) is 56.5 Å². The lowest BCUT2D eigenvalue weighted by molar-refractivity contribution is 0.167. The van der Waals surface area contributed by atoms with Crippen LogP contribution in [0, 0.1) is 17.2 Å². The Morgan fingerprint density at radius 1 is 1.12 bits per heavy atom. The van der Waals surface area contributed by atoms with Crippen molar-refractivity contribution in [3.8, 4) is 0 Å². The molecule has 0 spiro atoms. The maximum absolute atomic E-state index is 15.1. The Morgan fingerprint density at radius 2 is 1.93 bits per heavy atom. The van der Waals surface area contributed by atoms with E-state index in [2.05, 4.69) is 59.8 Å². The molecule has 1 saturated heterocycles. The van der Waals surface area contributed by atoms with Crippen molar-refractivity contribution in [3.63, 3.8) is 0 Å². The number of hydrogen-bond donors (Lipinski definition) is 1. The predicted octanol–water partition coefficient (Wildman–Crippen LogP) is 8.87. The summed E-state index contributed by atoms with van der Waals surface area (Å²) < 4.78 is 47.9. The maximum Gasteiger partial charge on any atom is 0.265 e. The van der Waals surface area contributed by atoms with Gasteiger partial charge in [0.15, 0.2) is 0 Å². The van der Waals surface area contributed by atoms with Crippen LogP contribution in [0.5, 0.6) is 0 Å². The molecule has 2 aliphatic heterocycles. The van der Waals surface area contributed by atoms with Crippen LogP contribution in [-0.4, -0.2) is 33.0 Å². The van der Waals surface area contributed by atoms with Crippen LogP contribution in [0.1, 0.15) is 72.6 Å². The van der Waals surface area contributed by atoms with Crippen LogP contribution in [0.15, 0.2) is 85.1 Å². The van der Waals surface area contributed by atoms with Gasteiger partial charge in [-0.2, -0.15) is 0 Å². The molecule has 1 aromatic carbocycles. The molecule has 3 heterocycles. The zero-order valence-corrected chi connectivity index (χ0v) is 26.9. The highest BCUT2D eigenvalue weighted by atomic mass is 35.5. The molecule has 8 nitrogen and oxygen atoms in total. The minimum Gasteiger partial charge on any atom is -0.471 e. The van der Waals surface area contributed by atoms with E-state index in [9.17, 15) is 8.42 Å². The summed E-state index contributed by atoms with van der Waals surface area (Å²) >= 11 is 6.58. The van der Waals surface area contributed by atoms with E-state index in [1.54, 1.807) is 0 Å². The Balaban J connectivity index is 1.40. The smallest absolute Gasteiger partial charge is 0.265 e. The van der Waals surface area contributed by atoms with E-state index in [0.29, 0.717) is 11.3 Å². The molecule has 1 atom stereocenters. The quantitative estimate of drug-likeness (QED) is 0.345. The highest BCUT2D eigenvalue weighted by Gasteiger charge is 2.29. The summed E-state index contributed by atoms with van der Waals surface area (Å²) in [5.74, 6) is 0.0634. The van der Waals surface area contributed by atoms with Crippen LogP contribution < -0.4 is 9.73 Å². The van der Waals surface area contributed by atoms with Gasteiger partial charge in [-0.15, -0.1) is 5.11 Å². The number of likely N-dealkylation sites (tertiary alicyclic amines) is 1. The molecule has 11 heteroatoms. The second-order valence-electron chi connectivity index (χ2n) is 12.6. The molecule has 0 bridgehead atoms. The monoisotopic (exact) mass is 629 g/mol. The van der Waals surface area contributed by atoms with Crippen LogP contribution in [0.25, 0.3) is 0 Å². The van der Waals surface area contributed by atoms with Gasteiger partial charge >= 0.3 is 0 Å². The first-order chi connectivity index (χ1) is 20.5. The molecule has 3 aliphatic rings. The van der Waals surface area contributed by atoms with E-state index in [-0.39, 0.29) is 27.8 Å². The third-order valence-corrected chi connectivity index (χ3v) is 10.5. The largest absolute Gasteiger partial charge is 0.471 e. The minimum atomic E-state index is -3.97. The highest BCUT2D eigenvalue weighted by molar-refractivity contribution is 7.92. The Bertz CT molecular complexity index is 1560. The topological polar surface area (TPSA) is 90.5 Å². The molecule has 1 unspecified atom stereocenters. The van der Waals surface area contributed by atoms with E-state index in [1.165, 1.54) is 53.6 Å². The lowest BCUT2D eigenvalue weighted by Crippen LogP contribution is -2.32. The number of benzene rings is 1. The summed E-state index contributed by atoms with van der Waals surface area (Å²) in [5.41, 5.74) is 4.73. The van der Waals surface area contributed by atoms with Crippen LogP contribution in [-0.2, 0) is 10.0 Å². The van der Waals surface area contributed by atoms with Crippen molar-refractivity contribution in [2.75, 3.05) is 29.4 Å². The third kappa shape index (κ3) is 7.17. The molecule has 43 heavy (non-hydrogen) atoms. The normalized spacial score (nSPS) is 22.1. The number of nitrogens with zero attached hydrogens (tertiary/aromatic N) is 4. The lowest BCUT2D eigenvalue weighted by atomic mass is 9.75. The molecule has 2 aromatic rings. The van der Waals surface area contributed by atoms with Crippen molar-refractivity contribution in [3.05, 3.63) is 76.3 Å². The second-order valence-corrected chi connectivity index (χ2v) is 14.7. The average Bonchev–Trinajstić information content (AvgIpc) is 3.60. The SMILES string of the molecule is CCC1=CC(N2CCCCC(C(C)(C)C)CC2)=C/C(=C2\CN(c3c(F)ccc(NS(=O)(=O)c4ccoc4)c3Cl)N=N2)CC1. The number of anilines is 2. The summed E-state index contributed by atoms with van der Waals surface area (Å²) in [6.45, 7) is 11.5. The van der Waals surface area contributed by atoms with Gasteiger partial charge in [0.1, 0.15) is 22.7 Å². The molecule has 1 aromatic heterocycles. The standard InChI is InChI=1S/C32H41ClFN5O3S/c1-5-22-9-10-23(19-25(18-22)38-15-7-6-8-24(13-16-38)32(2,3)4)29-20-39(37-35-29)31-27(34)11-12-28(30(31)33)36-43(40,41)26-14-17-42-21-26/h11-12,14,17-19,21,24,36H,5-10,13,15-16,20H2,1-4H3/b29-23+. The van der Waals surface area contributed by atoms with Gasteiger partial charge < -0.3 is 9.32 Å². The highest BCUT2D eigenvalue weighted by Crippen LogP contribution is 2.40. The first-order valence-electron chi connectivity index (χ1n) is 15.1. The molecule has 0 amide bonds. The maximum atomic E-state index is 15.1. The van der Waals surface area contributed by atoms with E-state index < -0.39 is 15.8 Å². The Morgan fingerprint density at radius 3 is 2.65 bits per heavy atom. The zero-order valence-electron chi connectivity index (χ0n) is 25.4. The van der Waals surface area contributed by atoms with Gasteiger partial charge in [-0.3, -0.25) is 4.72 Å². The van der Waals surface area contributed by atoms with Crippen molar-refractivity contribution < 1.29 is 17.2 Å². The number of halogens is 2. The molecular formula is C32H41ClFN5O3S. The van der Waals surface area contributed by atoms with Crippen molar-refractivity contribution >= 4 is 33.0 Å². The van der Waals surface area contributed by atoms with Crippen LogP contribution in [0.2, 0.25) is 5.02 Å². The molecule has 232 valence electrons. The van der Waals surface area contributed by atoms with Crippen molar-refractivity contribution in [2.24, 2.45) is 21.7 Å². The van der Waals surface area contributed by atoms with E-state index in [0.717, 1.165) is 62.7 Å². The summed E-state index contributed by atoms with van der Waals surface area (Å²) in [7, 11) is -3.97. The van der Waals surface area contributed by atoms with Crippen molar-refractivity contribution in [2.45, 2.75) is 77.5 Å². The molecule has 0 radical (unpaired) electrons. The van der Waals surface area contributed by atoms with Crippen molar-refractivity contribution in [1.82, 2.24) is 4.90 Å². The zero-order chi connectivity index (χ0) is 30.8. The van der Waals surface area contributed by atoms with Gasteiger partial charge in [-0.25, -0.2) is 17.8 Å². The number of allylic oxidation sites excluding steroid dienone is 4. The average molecular weight is 630 g/mol. The number of furan rings is 1. The van der Waals surface area contributed by atoms with Gasteiger partial charge in [0, 0.05) is 18.8 Å². The van der Waals surface area contributed by atoms with Gasteiger partial charge in [0.25, 0.3) is 10.0 Å². The summed E-state index contributed by atoms with van der Waals surface area (Å²) in [4.78, 5) is 2.46. The predicted molar refractivity (Wildman–Crippen MR) is 169 cm³/mol. The third-order valence-electron chi connectivity index (χ3n) is 8.73. The Kier molecular flexibility index (Phi) is 9.37. The van der Waals surface area contributed by atoms with Gasteiger partial charge in [-0.05, 0) is 85.8 Å². The number of rotatable bonds is 6. The van der Waals surface area contributed by atoms with E-state index >= 15 is 4.39 Å². The number of sulfonamides is 1. The fourth-order valence-corrected chi connectivity index (χ4v) is 7.36. The van der Waals surface area contributed by atoms with Crippen LogP contribution in [0.3, 0.4) is 0 Å². The summed E-state index contributed by atoms with van der Waals surface area (Å²) in [6.07, 6.45) is 14.5. The lowest BCUT2D eigenvalue weighted by Gasteiger charge is -2.36. The molecule has 1 fully saturated rings. The van der Waals surface area contributed by atoms with Gasteiger partial charge in [0.2, 0.25) is 0 Å². The molecule has 1 N–H and O–H groups in total. The fourth-order valence-electron chi connectivity index (χ4n) is 6.01. The molecule has 1 aliphatic carbocycles. The van der Waals surface area contributed by atoms with E-state index in [1.807, 2.05) is 0 Å². The van der Waals surface area contributed by atoms with Gasteiger partial charge in [0.05, 0.1) is 29.2 Å². The number of nitrogens with one attached hydrogen (secondary N) is 1. The summed E-state index contributed by atoms with van der Waals surface area (Å²) in [5, 5.41) is 10.0. The molecule has 5 rings (SSSR count). The van der Waals surface area contributed by atoms with Crippen LogP contribution in [0.4, 0.5) is 15.8 Å². The van der Waals surface area contributed by atoms with E-state index in [4.69, 9.17) is 16.0 Å². The van der Waals surface area contributed by atoms with Crippen LogP contribution >= 0.6 is 11.6 Å². The van der Waals surface area contributed by atoms with Crippen molar-refractivity contribution in [1.29, 1.82) is 0 Å². The summed E-state index contributed by atoms with van der Waals surface area (Å²) in [6, 6.07) is 3.78. The molecular weight excluding hydrogens is 589 g/mol.